The number of rotatable bonds is 2. The van der Waals surface area contributed by atoms with Crippen LogP contribution in [0.15, 0.2) is 23.1 Å². The molecule has 20 heavy (non-hydrogen) atoms. The fourth-order valence-electron chi connectivity index (χ4n) is 3.75. The zero-order valence-electron chi connectivity index (χ0n) is 11.5. The minimum absolute atomic E-state index is 0.157. The molecule has 1 aromatic rings. The van der Waals surface area contributed by atoms with Crippen molar-refractivity contribution < 1.29 is 8.42 Å². The van der Waals surface area contributed by atoms with Crippen molar-refractivity contribution in [1.29, 1.82) is 0 Å². The van der Waals surface area contributed by atoms with E-state index >= 15 is 0 Å². The van der Waals surface area contributed by atoms with Gasteiger partial charge in [0.1, 0.15) is 4.90 Å². The minimum atomic E-state index is -3.76. The van der Waals surface area contributed by atoms with E-state index in [-0.39, 0.29) is 4.90 Å². The predicted octanol–water partition coefficient (Wildman–Crippen LogP) is 1.69. The first-order chi connectivity index (χ1) is 9.47. The highest BCUT2D eigenvalue weighted by molar-refractivity contribution is 7.89. The molecule has 1 aliphatic heterocycles. The number of nitrogens with two attached hydrogens (primary N) is 2. The number of nitrogens with zero attached hydrogens (tertiary/aromatic N) is 1. The third kappa shape index (κ3) is 2.38. The number of anilines is 2. The molecule has 0 amide bonds. The Hall–Kier alpha value is -1.27. The highest BCUT2D eigenvalue weighted by atomic mass is 32.2. The summed E-state index contributed by atoms with van der Waals surface area (Å²) >= 11 is 0. The molecule has 0 aromatic heterocycles. The number of fused-ring (bicyclic) bond motifs is 1. The Morgan fingerprint density at radius 1 is 1.15 bits per heavy atom. The maximum absolute atomic E-state index is 11.8. The Kier molecular flexibility index (Phi) is 3.38. The zero-order chi connectivity index (χ0) is 14.3. The van der Waals surface area contributed by atoms with Gasteiger partial charge in [0.05, 0.1) is 5.69 Å². The Labute approximate surface area is 120 Å². The van der Waals surface area contributed by atoms with Crippen LogP contribution in [0.2, 0.25) is 0 Å². The molecular formula is C14H21N3O2S. The second-order valence-electron chi connectivity index (χ2n) is 5.87. The van der Waals surface area contributed by atoms with Crippen LogP contribution in [0.25, 0.3) is 0 Å². The van der Waals surface area contributed by atoms with Gasteiger partial charge in [-0.1, -0.05) is 6.42 Å². The average molecular weight is 295 g/mol. The van der Waals surface area contributed by atoms with Crippen LogP contribution in [0.5, 0.6) is 0 Å². The van der Waals surface area contributed by atoms with Gasteiger partial charge in [0.15, 0.2) is 0 Å². The molecular weight excluding hydrogens is 274 g/mol. The molecule has 0 bridgehead atoms. The van der Waals surface area contributed by atoms with Crippen LogP contribution in [0.4, 0.5) is 11.4 Å². The molecule has 2 atom stereocenters. The summed E-state index contributed by atoms with van der Waals surface area (Å²) < 4.78 is 23.7. The van der Waals surface area contributed by atoms with Crippen molar-refractivity contribution >= 4 is 21.4 Å². The summed E-state index contributed by atoms with van der Waals surface area (Å²) in [6.45, 7) is 0.896. The summed E-state index contributed by atoms with van der Waals surface area (Å²) in [4.78, 5) is 2.39. The summed E-state index contributed by atoms with van der Waals surface area (Å²) in [6.07, 6.45) is 5.97. The number of primary sulfonamides is 1. The highest BCUT2D eigenvalue weighted by Gasteiger charge is 2.36. The van der Waals surface area contributed by atoms with E-state index in [1.807, 2.05) is 0 Å². The second kappa shape index (κ2) is 4.93. The standard InChI is InChI=1S/C14H21N3O2S/c15-11-6-7-13(14(9-11)20(16,18)19)17-8-2-4-10-3-1-5-12(10)17/h6-7,9-10,12H,1-5,8,15H2,(H2,16,18,19). The van der Waals surface area contributed by atoms with Crippen molar-refractivity contribution in [2.24, 2.45) is 11.1 Å². The van der Waals surface area contributed by atoms with Gasteiger partial charge in [-0.2, -0.15) is 0 Å². The molecule has 1 aromatic carbocycles. The lowest BCUT2D eigenvalue weighted by Gasteiger charge is -2.40. The Morgan fingerprint density at radius 3 is 2.65 bits per heavy atom. The van der Waals surface area contributed by atoms with Crippen LogP contribution in [0, 0.1) is 5.92 Å². The average Bonchev–Trinajstić information content (AvgIpc) is 2.86. The van der Waals surface area contributed by atoms with E-state index < -0.39 is 10.0 Å². The maximum Gasteiger partial charge on any atom is 0.240 e. The number of hydrogen-bond acceptors (Lipinski definition) is 4. The van der Waals surface area contributed by atoms with Gasteiger partial charge in [-0.3, -0.25) is 0 Å². The highest BCUT2D eigenvalue weighted by Crippen LogP contribution is 2.41. The van der Waals surface area contributed by atoms with E-state index in [1.165, 1.54) is 25.3 Å². The van der Waals surface area contributed by atoms with Crippen LogP contribution in [-0.2, 0) is 10.0 Å². The maximum atomic E-state index is 11.8. The molecule has 0 radical (unpaired) electrons. The lowest BCUT2D eigenvalue weighted by Crippen LogP contribution is -2.43. The fraction of sp³-hybridized carbons (Fsp3) is 0.571. The van der Waals surface area contributed by atoms with Crippen molar-refractivity contribution in [2.75, 3.05) is 17.2 Å². The number of hydrogen-bond donors (Lipinski definition) is 2. The first-order valence-electron chi connectivity index (χ1n) is 7.16. The normalized spacial score (nSPS) is 26.6. The Morgan fingerprint density at radius 2 is 1.90 bits per heavy atom. The van der Waals surface area contributed by atoms with E-state index in [4.69, 9.17) is 10.9 Å². The molecule has 110 valence electrons. The molecule has 4 N–H and O–H groups in total. The van der Waals surface area contributed by atoms with E-state index in [0.717, 1.165) is 25.1 Å². The Balaban J connectivity index is 2.05. The van der Waals surface area contributed by atoms with Crippen LogP contribution in [0.1, 0.15) is 32.1 Å². The third-order valence-electron chi connectivity index (χ3n) is 4.59. The van der Waals surface area contributed by atoms with Crippen molar-refractivity contribution in [3.8, 4) is 0 Å². The molecule has 1 saturated carbocycles. The second-order valence-corrected chi connectivity index (χ2v) is 7.40. The molecule has 1 heterocycles. The lowest BCUT2D eigenvalue weighted by molar-refractivity contribution is 0.361. The fourth-order valence-corrected chi connectivity index (χ4v) is 4.53. The van der Waals surface area contributed by atoms with Gasteiger partial charge in [-0.05, 0) is 49.8 Å². The number of benzene rings is 1. The first kappa shape index (κ1) is 13.7. The molecule has 3 rings (SSSR count). The third-order valence-corrected chi connectivity index (χ3v) is 5.53. The molecule has 2 fully saturated rings. The van der Waals surface area contributed by atoms with Crippen molar-refractivity contribution in [1.82, 2.24) is 0 Å². The molecule has 1 saturated heterocycles. The van der Waals surface area contributed by atoms with Crippen LogP contribution < -0.4 is 15.8 Å². The van der Waals surface area contributed by atoms with Gasteiger partial charge in [0, 0.05) is 18.3 Å². The lowest BCUT2D eigenvalue weighted by atomic mass is 9.91. The zero-order valence-corrected chi connectivity index (χ0v) is 12.3. The van der Waals surface area contributed by atoms with E-state index in [2.05, 4.69) is 4.90 Å². The quantitative estimate of drug-likeness (QED) is 0.812. The first-order valence-corrected chi connectivity index (χ1v) is 8.70. The smallest absolute Gasteiger partial charge is 0.240 e. The van der Waals surface area contributed by atoms with Gasteiger partial charge in [0.25, 0.3) is 0 Å². The Bertz CT molecular complexity index is 615. The van der Waals surface area contributed by atoms with Gasteiger partial charge in [0.2, 0.25) is 10.0 Å². The monoisotopic (exact) mass is 295 g/mol. The number of piperidine rings is 1. The van der Waals surface area contributed by atoms with E-state index in [1.54, 1.807) is 12.1 Å². The van der Waals surface area contributed by atoms with Crippen LogP contribution in [-0.4, -0.2) is 21.0 Å². The SMILES string of the molecule is Nc1ccc(N2CCCC3CCCC32)c(S(N)(=O)=O)c1. The summed E-state index contributed by atoms with van der Waals surface area (Å²) in [5, 5.41) is 5.36. The molecule has 5 nitrogen and oxygen atoms in total. The molecule has 1 aliphatic carbocycles. The van der Waals surface area contributed by atoms with Crippen molar-refractivity contribution in [3.63, 3.8) is 0 Å². The van der Waals surface area contributed by atoms with E-state index in [0.29, 0.717) is 17.6 Å². The largest absolute Gasteiger partial charge is 0.399 e. The van der Waals surface area contributed by atoms with Gasteiger partial charge in [-0.15, -0.1) is 0 Å². The molecule has 0 spiro atoms. The summed E-state index contributed by atoms with van der Waals surface area (Å²) in [7, 11) is -3.76. The van der Waals surface area contributed by atoms with Crippen LogP contribution in [0.3, 0.4) is 0 Å². The summed E-state index contributed by atoms with van der Waals surface area (Å²) in [5.41, 5.74) is 6.87. The van der Waals surface area contributed by atoms with Crippen molar-refractivity contribution in [2.45, 2.75) is 43.0 Å². The van der Waals surface area contributed by atoms with Crippen LogP contribution >= 0.6 is 0 Å². The molecule has 2 aliphatic rings. The minimum Gasteiger partial charge on any atom is -0.399 e. The summed E-state index contributed by atoms with van der Waals surface area (Å²) in [6, 6.07) is 5.48. The van der Waals surface area contributed by atoms with Gasteiger partial charge < -0.3 is 10.6 Å². The number of sulfonamides is 1. The molecule has 2 unspecified atom stereocenters. The molecule has 6 heteroatoms. The summed E-state index contributed by atoms with van der Waals surface area (Å²) in [5.74, 6) is 0.689. The van der Waals surface area contributed by atoms with E-state index in [9.17, 15) is 8.42 Å². The van der Waals surface area contributed by atoms with Gasteiger partial charge >= 0.3 is 0 Å². The predicted molar refractivity (Wildman–Crippen MR) is 79.9 cm³/mol. The van der Waals surface area contributed by atoms with Gasteiger partial charge in [-0.25, -0.2) is 13.6 Å². The topological polar surface area (TPSA) is 89.4 Å². The van der Waals surface area contributed by atoms with Crippen molar-refractivity contribution in [3.05, 3.63) is 18.2 Å². The number of nitrogen functional groups attached to an aromatic ring is 1.